The summed E-state index contributed by atoms with van der Waals surface area (Å²) in [4.78, 5) is 53.5. The van der Waals surface area contributed by atoms with Gasteiger partial charge >= 0.3 is 0 Å². The van der Waals surface area contributed by atoms with Crippen LogP contribution >= 0.6 is 11.6 Å². The van der Waals surface area contributed by atoms with E-state index >= 15 is 0 Å². The quantitative estimate of drug-likeness (QED) is 0.535. The summed E-state index contributed by atoms with van der Waals surface area (Å²) < 4.78 is 5.38. The van der Waals surface area contributed by atoms with Crippen molar-refractivity contribution in [3.8, 4) is 5.75 Å². The van der Waals surface area contributed by atoms with E-state index in [0.29, 0.717) is 27.6 Å². The summed E-state index contributed by atoms with van der Waals surface area (Å²) in [5, 5.41) is 6.47. The molecule has 4 N–H and O–H groups in total. The molecule has 4 atom stereocenters. The lowest BCUT2D eigenvalue weighted by Gasteiger charge is -2.29. The molecule has 3 heterocycles. The number of halogens is 1. The predicted octanol–water partition coefficient (Wildman–Crippen LogP) is 1.53. The van der Waals surface area contributed by atoms with Crippen molar-refractivity contribution < 1.29 is 23.9 Å². The van der Waals surface area contributed by atoms with Gasteiger partial charge in [0.2, 0.25) is 23.6 Å². The van der Waals surface area contributed by atoms with Crippen LogP contribution in [0.1, 0.15) is 24.0 Å². The van der Waals surface area contributed by atoms with Crippen LogP contribution in [0.3, 0.4) is 0 Å². The van der Waals surface area contributed by atoms with E-state index in [1.165, 1.54) is 12.0 Å². The molecule has 3 aliphatic rings. The van der Waals surface area contributed by atoms with Crippen molar-refractivity contribution in [1.29, 1.82) is 0 Å². The van der Waals surface area contributed by atoms with Crippen molar-refractivity contribution in [1.82, 2.24) is 10.2 Å². The molecule has 4 amide bonds. The zero-order valence-electron chi connectivity index (χ0n) is 18.3. The number of hydrogen-bond acceptors (Lipinski definition) is 6. The zero-order chi connectivity index (χ0) is 24.2. The van der Waals surface area contributed by atoms with Crippen LogP contribution in [0.5, 0.6) is 5.75 Å². The number of rotatable bonds is 6. The van der Waals surface area contributed by atoms with Gasteiger partial charge in [-0.2, -0.15) is 0 Å². The first kappa shape index (κ1) is 22.4. The first-order valence-corrected chi connectivity index (χ1v) is 11.3. The van der Waals surface area contributed by atoms with Crippen LogP contribution in [-0.2, 0) is 31.3 Å². The van der Waals surface area contributed by atoms with E-state index in [9.17, 15) is 19.2 Å². The smallest absolute Gasteiger partial charge is 0.250 e. The van der Waals surface area contributed by atoms with Gasteiger partial charge in [-0.3, -0.25) is 29.4 Å². The molecule has 5 rings (SSSR count). The van der Waals surface area contributed by atoms with Crippen molar-refractivity contribution in [2.45, 2.75) is 31.0 Å². The average Bonchev–Trinajstić information content (AvgIpc) is 3.39. The average molecular weight is 483 g/mol. The summed E-state index contributed by atoms with van der Waals surface area (Å²) >= 11 is 6.24. The second-order valence-corrected chi connectivity index (χ2v) is 9.22. The summed E-state index contributed by atoms with van der Waals surface area (Å²) in [6.07, 6.45) is 0.220. The monoisotopic (exact) mass is 482 g/mol. The molecule has 2 saturated heterocycles. The van der Waals surface area contributed by atoms with Gasteiger partial charge in [-0.1, -0.05) is 29.8 Å². The van der Waals surface area contributed by atoms with Gasteiger partial charge in [-0.25, -0.2) is 0 Å². The third kappa shape index (κ3) is 3.19. The van der Waals surface area contributed by atoms with E-state index in [4.69, 9.17) is 22.1 Å². The van der Waals surface area contributed by atoms with Crippen molar-refractivity contribution >= 4 is 40.9 Å². The molecule has 1 spiro atoms. The highest BCUT2D eigenvalue weighted by molar-refractivity contribution is 6.31. The highest BCUT2D eigenvalue weighted by Crippen LogP contribution is 2.54. The maximum atomic E-state index is 13.8. The highest BCUT2D eigenvalue weighted by Gasteiger charge is 2.70. The van der Waals surface area contributed by atoms with Gasteiger partial charge in [0.05, 0.1) is 25.5 Å². The second kappa shape index (κ2) is 8.11. The Balaban J connectivity index is 1.59. The minimum absolute atomic E-state index is 0.00890. The number of imide groups is 1. The highest BCUT2D eigenvalue weighted by atomic mass is 35.5. The number of nitrogens with one attached hydrogen (secondary N) is 2. The maximum absolute atomic E-state index is 13.8. The van der Waals surface area contributed by atoms with Gasteiger partial charge < -0.3 is 15.8 Å². The first-order chi connectivity index (χ1) is 16.3. The van der Waals surface area contributed by atoms with Crippen LogP contribution in [0, 0.1) is 11.8 Å². The van der Waals surface area contributed by atoms with Crippen molar-refractivity contribution in [3.05, 3.63) is 58.6 Å². The molecule has 0 radical (unpaired) electrons. The van der Waals surface area contributed by atoms with Crippen LogP contribution in [0.25, 0.3) is 0 Å². The number of nitrogens with zero attached hydrogens (tertiary/aromatic N) is 1. The number of methoxy groups -OCH3 is 1. The second-order valence-electron chi connectivity index (χ2n) is 8.79. The number of hydrogen-bond donors (Lipinski definition) is 3. The van der Waals surface area contributed by atoms with Gasteiger partial charge in [0.1, 0.15) is 11.3 Å². The molecule has 0 saturated carbocycles. The Kier molecular flexibility index (Phi) is 5.33. The number of likely N-dealkylation sites (tertiary alicyclic amines) is 1. The number of nitrogens with two attached hydrogens (primary N) is 1. The number of amides is 4. The van der Waals surface area contributed by atoms with Crippen LogP contribution in [0.2, 0.25) is 5.02 Å². The van der Waals surface area contributed by atoms with Crippen LogP contribution in [0.4, 0.5) is 5.69 Å². The molecule has 34 heavy (non-hydrogen) atoms. The lowest BCUT2D eigenvalue weighted by atomic mass is 9.76. The third-order valence-electron chi connectivity index (χ3n) is 6.99. The fourth-order valence-electron chi connectivity index (χ4n) is 5.54. The lowest BCUT2D eigenvalue weighted by Crippen LogP contribution is -2.53. The Morgan fingerprint density at radius 1 is 1.18 bits per heavy atom. The molecule has 0 aliphatic carbocycles. The summed E-state index contributed by atoms with van der Waals surface area (Å²) in [6.45, 7) is 0.0112. The van der Waals surface area contributed by atoms with Crippen LogP contribution in [-0.4, -0.2) is 41.7 Å². The van der Waals surface area contributed by atoms with Crippen molar-refractivity contribution in [2.24, 2.45) is 17.6 Å². The predicted molar refractivity (Wildman–Crippen MR) is 123 cm³/mol. The number of benzene rings is 2. The SMILES string of the molecule is COc1ccccc1CN1C(=O)[C@H]2[C@@H](CCC(N)=O)N[C@]3(C(=O)Nc4ccc(Cl)cc43)[C@H]2C1=O. The molecule has 0 aromatic heterocycles. The molecule has 2 aromatic carbocycles. The normalized spacial score (nSPS) is 27.2. The number of carbonyl (C=O) groups is 4. The third-order valence-corrected chi connectivity index (χ3v) is 7.23. The van der Waals surface area contributed by atoms with Crippen molar-refractivity contribution in [3.63, 3.8) is 0 Å². The number of fused-ring (bicyclic) bond motifs is 4. The van der Waals surface area contributed by atoms with E-state index in [0.717, 1.165) is 0 Å². The number of primary amides is 1. The number of ether oxygens (including phenoxy) is 1. The topological polar surface area (TPSA) is 131 Å². The summed E-state index contributed by atoms with van der Waals surface area (Å²) in [7, 11) is 1.52. The van der Waals surface area contributed by atoms with E-state index in [-0.39, 0.29) is 19.4 Å². The van der Waals surface area contributed by atoms with Crippen LogP contribution < -0.4 is 21.1 Å². The van der Waals surface area contributed by atoms with Gasteiger partial charge in [0, 0.05) is 34.3 Å². The number of para-hydroxylation sites is 1. The lowest BCUT2D eigenvalue weighted by molar-refractivity contribution is -0.143. The molecule has 0 unspecified atom stereocenters. The van der Waals surface area contributed by atoms with Crippen molar-refractivity contribution in [2.75, 3.05) is 12.4 Å². The Labute approximate surface area is 200 Å². The molecule has 176 valence electrons. The molecular weight excluding hydrogens is 460 g/mol. The molecular formula is C24H23ClN4O5. The van der Waals surface area contributed by atoms with Crippen LogP contribution in [0.15, 0.2) is 42.5 Å². The zero-order valence-corrected chi connectivity index (χ0v) is 19.1. The minimum Gasteiger partial charge on any atom is -0.496 e. The number of anilines is 1. The standard InChI is InChI=1S/C24H23ClN4O5/c1-34-17-5-3-2-4-12(17)11-29-21(31)19-16(8-9-18(26)30)28-24(20(19)22(29)32)14-10-13(25)6-7-15(14)27-23(24)33/h2-7,10,16,19-20,28H,8-9,11H2,1H3,(H2,26,30)(H,27,33)/t16-,19+,20-,24+/m1/s1. The largest absolute Gasteiger partial charge is 0.496 e. The molecule has 3 aliphatic heterocycles. The number of carbonyl (C=O) groups excluding carboxylic acids is 4. The van der Waals surface area contributed by atoms with E-state index in [1.807, 2.05) is 0 Å². The summed E-state index contributed by atoms with van der Waals surface area (Å²) in [5.74, 6) is -3.09. The maximum Gasteiger partial charge on any atom is 0.250 e. The fourth-order valence-corrected chi connectivity index (χ4v) is 5.71. The first-order valence-electron chi connectivity index (χ1n) is 10.9. The molecule has 2 aromatic rings. The molecule has 9 nitrogen and oxygen atoms in total. The Morgan fingerprint density at radius 2 is 1.94 bits per heavy atom. The van der Waals surface area contributed by atoms with Gasteiger partial charge in [-0.05, 0) is 30.7 Å². The van der Waals surface area contributed by atoms with Gasteiger partial charge in [0.25, 0.3) is 0 Å². The Hall–Kier alpha value is -3.43. The van der Waals surface area contributed by atoms with Gasteiger partial charge in [0.15, 0.2) is 0 Å². The van der Waals surface area contributed by atoms with E-state index in [1.54, 1.807) is 42.5 Å². The van der Waals surface area contributed by atoms with Gasteiger partial charge in [-0.15, -0.1) is 0 Å². The Morgan fingerprint density at radius 3 is 2.68 bits per heavy atom. The fraction of sp³-hybridized carbons (Fsp3) is 0.333. The minimum atomic E-state index is -1.48. The summed E-state index contributed by atoms with van der Waals surface area (Å²) in [6, 6.07) is 11.5. The molecule has 0 bridgehead atoms. The Bertz CT molecular complexity index is 1230. The molecule has 2 fully saturated rings. The summed E-state index contributed by atoms with van der Waals surface area (Å²) in [5.41, 5.74) is 5.59. The molecule has 10 heteroatoms. The van der Waals surface area contributed by atoms with E-state index in [2.05, 4.69) is 10.6 Å². The van der Waals surface area contributed by atoms with E-state index < -0.39 is 47.0 Å².